The number of aryl methyl sites for hydroxylation is 1. The number of H-pyrrole nitrogens is 2. The molecule has 0 bridgehead atoms. The van der Waals surface area contributed by atoms with Crippen molar-refractivity contribution >= 4 is 11.0 Å². The van der Waals surface area contributed by atoms with Gasteiger partial charge in [0.25, 0.3) is 5.56 Å². The summed E-state index contributed by atoms with van der Waals surface area (Å²) < 4.78 is 1.29. The van der Waals surface area contributed by atoms with Crippen molar-refractivity contribution in [1.82, 2.24) is 24.4 Å². The van der Waals surface area contributed by atoms with Gasteiger partial charge in [0.15, 0.2) is 0 Å². The van der Waals surface area contributed by atoms with Gasteiger partial charge in [0.1, 0.15) is 5.82 Å². The summed E-state index contributed by atoms with van der Waals surface area (Å²) in [5.41, 5.74) is 2.14. The van der Waals surface area contributed by atoms with Gasteiger partial charge in [0.05, 0.1) is 11.0 Å². The molecule has 1 atom stereocenters. The molecular weight excluding hydrogens is 342 g/mol. The number of benzene rings is 1. The number of nitrogens with zero attached hydrogens (tertiary/aromatic N) is 3. The number of fused-ring (bicyclic) bond motifs is 1. The van der Waals surface area contributed by atoms with E-state index < -0.39 is 0 Å². The quantitative estimate of drug-likeness (QED) is 0.718. The Labute approximate surface area is 157 Å². The number of hydrogen-bond donors (Lipinski definition) is 2. The van der Waals surface area contributed by atoms with Crippen LogP contribution in [0.25, 0.3) is 11.0 Å². The van der Waals surface area contributed by atoms with E-state index in [4.69, 9.17) is 4.98 Å². The van der Waals surface area contributed by atoms with Gasteiger partial charge >= 0.3 is 5.69 Å². The average molecular weight is 367 g/mol. The molecule has 142 valence electrons. The summed E-state index contributed by atoms with van der Waals surface area (Å²) >= 11 is 0. The predicted octanol–water partition coefficient (Wildman–Crippen LogP) is 1.68. The fourth-order valence-corrected chi connectivity index (χ4v) is 3.99. The number of para-hydroxylation sites is 2. The first kappa shape index (κ1) is 17.7. The molecule has 3 aromatic rings. The molecule has 1 aromatic carbocycles. The number of aromatic amines is 2. The summed E-state index contributed by atoms with van der Waals surface area (Å²) in [7, 11) is 0. The van der Waals surface area contributed by atoms with Crippen LogP contribution in [0, 0.1) is 12.8 Å². The van der Waals surface area contributed by atoms with Crippen molar-refractivity contribution in [3.63, 3.8) is 0 Å². The Hall–Kier alpha value is -2.67. The molecule has 0 amide bonds. The second-order valence-corrected chi connectivity index (χ2v) is 7.46. The third kappa shape index (κ3) is 4.03. The Bertz CT molecular complexity index is 984. The summed E-state index contributed by atoms with van der Waals surface area (Å²) in [6.45, 7) is 4.83. The second-order valence-electron chi connectivity index (χ2n) is 7.46. The van der Waals surface area contributed by atoms with Gasteiger partial charge in [-0.25, -0.2) is 9.78 Å². The maximum absolute atomic E-state index is 12.0. The van der Waals surface area contributed by atoms with E-state index in [2.05, 4.69) is 20.9 Å². The largest absolute Gasteiger partial charge is 0.342 e. The fraction of sp³-hybridized carbons (Fsp3) is 0.450. The molecule has 0 spiro atoms. The van der Waals surface area contributed by atoms with Crippen LogP contribution in [0.3, 0.4) is 0 Å². The molecule has 0 aliphatic carbocycles. The van der Waals surface area contributed by atoms with Crippen LogP contribution < -0.4 is 11.2 Å². The van der Waals surface area contributed by atoms with Crippen molar-refractivity contribution in [1.29, 1.82) is 0 Å². The summed E-state index contributed by atoms with van der Waals surface area (Å²) in [4.78, 5) is 37.2. The molecule has 1 aliphatic heterocycles. The molecule has 7 heteroatoms. The highest BCUT2D eigenvalue weighted by Gasteiger charge is 2.21. The first-order chi connectivity index (χ1) is 13.1. The van der Waals surface area contributed by atoms with Crippen molar-refractivity contribution in [3.8, 4) is 0 Å². The lowest BCUT2D eigenvalue weighted by Crippen LogP contribution is -2.42. The van der Waals surface area contributed by atoms with Crippen molar-refractivity contribution < 1.29 is 0 Å². The lowest BCUT2D eigenvalue weighted by Gasteiger charge is -2.32. The van der Waals surface area contributed by atoms with E-state index in [-0.39, 0.29) is 11.2 Å². The molecule has 2 N–H and O–H groups in total. The van der Waals surface area contributed by atoms with Gasteiger partial charge in [-0.1, -0.05) is 12.1 Å². The Kier molecular flexibility index (Phi) is 4.94. The van der Waals surface area contributed by atoms with Gasteiger partial charge in [-0.2, -0.15) is 0 Å². The normalized spacial score (nSPS) is 18.2. The zero-order valence-corrected chi connectivity index (χ0v) is 15.6. The van der Waals surface area contributed by atoms with Crippen LogP contribution in [0.5, 0.6) is 0 Å². The summed E-state index contributed by atoms with van der Waals surface area (Å²) in [5, 5.41) is 0. The van der Waals surface area contributed by atoms with Crippen molar-refractivity contribution in [2.24, 2.45) is 5.92 Å². The molecule has 27 heavy (non-hydrogen) atoms. The number of likely N-dealkylation sites (tertiary alicyclic amines) is 1. The molecule has 3 heterocycles. The van der Waals surface area contributed by atoms with Crippen LogP contribution in [0.15, 0.2) is 39.9 Å². The van der Waals surface area contributed by atoms with Crippen LogP contribution in [0.2, 0.25) is 0 Å². The van der Waals surface area contributed by atoms with Gasteiger partial charge in [-0.05, 0) is 44.4 Å². The minimum atomic E-state index is -0.323. The monoisotopic (exact) mass is 367 g/mol. The van der Waals surface area contributed by atoms with Crippen LogP contribution >= 0.6 is 0 Å². The van der Waals surface area contributed by atoms with Crippen LogP contribution in [0.1, 0.15) is 24.4 Å². The Balaban J connectivity index is 1.38. The minimum Gasteiger partial charge on any atom is -0.342 e. The number of nitrogens with one attached hydrogen (secondary N) is 2. The second kappa shape index (κ2) is 7.52. The van der Waals surface area contributed by atoms with Gasteiger partial charge in [-0.15, -0.1) is 0 Å². The maximum atomic E-state index is 12.0. The third-order valence-corrected chi connectivity index (χ3v) is 5.32. The van der Waals surface area contributed by atoms with E-state index >= 15 is 0 Å². The first-order valence-electron chi connectivity index (χ1n) is 9.55. The zero-order valence-electron chi connectivity index (χ0n) is 15.6. The van der Waals surface area contributed by atoms with Crippen LogP contribution in [-0.2, 0) is 13.0 Å². The molecular formula is C20H25N5O2. The molecule has 0 radical (unpaired) electrons. The van der Waals surface area contributed by atoms with Crippen molar-refractivity contribution in [2.45, 2.75) is 32.7 Å². The number of piperidine rings is 1. The summed E-state index contributed by atoms with van der Waals surface area (Å²) in [6, 6.07) is 9.57. The lowest BCUT2D eigenvalue weighted by molar-refractivity contribution is 0.166. The molecule has 1 fully saturated rings. The summed E-state index contributed by atoms with van der Waals surface area (Å²) in [5.74, 6) is 1.57. The third-order valence-electron chi connectivity index (χ3n) is 5.32. The van der Waals surface area contributed by atoms with E-state index in [1.165, 1.54) is 17.1 Å². The molecule has 4 rings (SSSR count). The standard InChI is InChI=1S/C20H25N5O2/c1-14-11-19(26)25(20(27)21-14)10-9-24-8-4-5-15(13-24)12-18-22-16-6-2-3-7-17(16)23-18/h2-3,6-7,11,15H,4-5,8-10,12-13H2,1H3,(H,21,27)(H,22,23)/t15-/m0/s1. The highest BCUT2D eigenvalue weighted by atomic mass is 16.2. The van der Waals surface area contributed by atoms with E-state index in [0.29, 0.717) is 24.7 Å². The number of rotatable bonds is 5. The zero-order chi connectivity index (χ0) is 18.8. The Morgan fingerprint density at radius 3 is 2.85 bits per heavy atom. The molecule has 0 unspecified atom stereocenters. The fourth-order valence-electron chi connectivity index (χ4n) is 3.99. The smallest absolute Gasteiger partial charge is 0.328 e. The predicted molar refractivity (Wildman–Crippen MR) is 105 cm³/mol. The molecule has 7 nitrogen and oxygen atoms in total. The van der Waals surface area contributed by atoms with Crippen LogP contribution in [-0.4, -0.2) is 44.1 Å². The van der Waals surface area contributed by atoms with E-state index in [9.17, 15) is 9.59 Å². The van der Waals surface area contributed by atoms with Gasteiger partial charge < -0.3 is 14.9 Å². The van der Waals surface area contributed by atoms with E-state index in [1.54, 1.807) is 6.92 Å². The molecule has 1 saturated heterocycles. The van der Waals surface area contributed by atoms with E-state index in [1.807, 2.05) is 18.2 Å². The number of imidazole rings is 1. The lowest BCUT2D eigenvalue weighted by atomic mass is 9.94. The van der Waals surface area contributed by atoms with E-state index in [0.717, 1.165) is 42.8 Å². The molecule has 2 aromatic heterocycles. The Morgan fingerprint density at radius 1 is 1.19 bits per heavy atom. The summed E-state index contributed by atoms with van der Waals surface area (Å²) in [6.07, 6.45) is 3.24. The van der Waals surface area contributed by atoms with Crippen molar-refractivity contribution in [3.05, 3.63) is 62.7 Å². The first-order valence-corrected chi connectivity index (χ1v) is 9.55. The SMILES string of the molecule is Cc1cc(=O)n(CCN2CCC[C@@H](Cc3nc4ccccc4[nH]3)C2)c(=O)[nH]1. The van der Waals surface area contributed by atoms with Gasteiger partial charge in [-0.3, -0.25) is 9.36 Å². The highest BCUT2D eigenvalue weighted by Crippen LogP contribution is 2.21. The molecule has 1 aliphatic rings. The Morgan fingerprint density at radius 2 is 2.04 bits per heavy atom. The average Bonchev–Trinajstić information content (AvgIpc) is 3.03. The number of aromatic nitrogens is 4. The van der Waals surface area contributed by atoms with Gasteiger partial charge in [0, 0.05) is 37.8 Å². The minimum absolute atomic E-state index is 0.230. The maximum Gasteiger partial charge on any atom is 0.328 e. The molecule has 0 saturated carbocycles. The topological polar surface area (TPSA) is 86.8 Å². The number of hydrogen-bond acceptors (Lipinski definition) is 4. The van der Waals surface area contributed by atoms with Crippen LogP contribution in [0.4, 0.5) is 0 Å². The highest BCUT2D eigenvalue weighted by molar-refractivity contribution is 5.74. The van der Waals surface area contributed by atoms with Crippen molar-refractivity contribution in [2.75, 3.05) is 19.6 Å². The van der Waals surface area contributed by atoms with Gasteiger partial charge in [0.2, 0.25) is 0 Å².